The molecular weight excluding hydrogens is 268 g/mol. The highest BCUT2D eigenvalue weighted by Crippen LogP contribution is 2.19. The van der Waals surface area contributed by atoms with Crippen LogP contribution in [0.25, 0.3) is 6.08 Å². The summed E-state index contributed by atoms with van der Waals surface area (Å²) in [7, 11) is 0. The molecule has 0 spiro atoms. The molecule has 0 aliphatic rings. The van der Waals surface area contributed by atoms with Gasteiger partial charge in [-0.3, -0.25) is 4.79 Å². The van der Waals surface area contributed by atoms with Crippen molar-refractivity contribution in [2.24, 2.45) is 0 Å². The Morgan fingerprint density at radius 3 is 2.85 bits per heavy atom. The normalized spacial score (nSPS) is 10.9. The molecule has 1 amide bonds. The van der Waals surface area contributed by atoms with Crippen LogP contribution in [0, 0.1) is 0 Å². The molecule has 0 bridgehead atoms. The fourth-order valence-corrected chi connectivity index (χ4v) is 1.48. The monoisotopic (exact) mass is 279 g/mol. The first-order valence-electron chi connectivity index (χ1n) is 5.71. The lowest BCUT2D eigenvalue weighted by Crippen LogP contribution is -2.08. The number of alkyl halides is 2. The lowest BCUT2D eigenvalue weighted by atomic mass is 10.3. The largest absolute Gasteiger partial charge is 0.465 e. The van der Waals surface area contributed by atoms with Crippen LogP contribution >= 0.6 is 0 Å². The van der Waals surface area contributed by atoms with Crippen molar-refractivity contribution in [3.8, 4) is 5.75 Å². The number of furan rings is 1. The Bertz CT molecular complexity index is 594. The Morgan fingerprint density at radius 2 is 2.15 bits per heavy atom. The van der Waals surface area contributed by atoms with Crippen molar-refractivity contribution in [2.45, 2.75) is 6.61 Å². The third-order valence-electron chi connectivity index (χ3n) is 2.27. The molecule has 1 aromatic carbocycles. The van der Waals surface area contributed by atoms with Crippen LogP contribution in [0.5, 0.6) is 5.75 Å². The molecule has 6 heteroatoms. The van der Waals surface area contributed by atoms with Crippen molar-refractivity contribution < 1.29 is 22.7 Å². The van der Waals surface area contributed by atoms with Gasteiger partial charge in [-0.25, -0.2) is 0 Å². The van der Waals surface area contributed by atoms with Gasteiger partial charge in [0.05, 0.1) is 6.26 Å². The van der Waals surface area contributed by atoms with E-state index in [0.29, 0.717) is 11.4 Å². The van der Waals surface area contributed by atoms with E-state index in [4.69, 9.17) is 4.42 Å². The second-order valence-corrected chi connectivity index (χ2v) is 3.74. The molecule has 0 aliphatic carbocycles. The summed E-state index contributed by atoms with van der Waals surface area (Å²) in [6, 6.07) is 9.15. The fraction of sp³-hybridized carbons (Fsp3) is 0.0714. The summed E-state index contributed by atoms with van der Waals surface area (Å²) >= 11 is 0. The molecule has 0 unspecified atom stereocenters. The standard InChI is InChI=1S/C14H11F2NO3/c15-14(16)20-12-4-1-3-10(9-12)17-13(18)7-6-11-5-2-8-19-11/h1-9,14H,(H,17,18)/b7-6+. The highest BCUT2D eigenvalue weighted by Gasteiger charge is 2.05. The van der Waals surface area contributed by atoms with Crippen molar-refractivity contribution in [1.82, 2.24) is 0 Å². The predicted octanol–water partition coefficient (Wildman–Crippen LogP) is 3.53. The highest BCUT2D eigenvalue weighted by atomic mass is 19.3. The average molecular weight is 279 g/mol. The zero-order valence-corrected chi connectivity index (χ0v) is 10.3. The van der Waals surface area contributed by atoms with Crippen LogP contribution in [0.1, 0.15) is 5.76 Å². The molecule has 0 fully saturated rings. The SMILES string of the molecule is O=C(/C=C/c1ccco1)Nc1cccc(OC(F)F)c1. The van der Waals surface area contributed by atoms with Crippen LogP contribution in [0.15, 0.2) is 53.2 Å². The van der Waals surface area contributed by atoms with Crippen molar-refractivity contribution in [3.63, 3.8) is 0 Å². The molecule has 0 radical (unpaired) electrons. The molecule has 0 atom stereocenters. The van der Waals surface area contributed by atoms with Gasteiger partial charge in [-0.15, -0.1) is 0 Å². The summed E-state index contributed by atoms with van der Waals surface area (Å²) in [6.07, 6.45) is 4.26. The van der Waals surface area contributed by atoms with E-state index in [9.17, 15) is 13.6 Å². The van der Waals surface area contributed by atoms with Gasteiger partial charge in [0.15, 0.2) is 0 Å². The Kier molecular flexibility index (Phi) is 4.49. The first-order valence-corrected chi connectivity index (χ1v) is 5.71. The number of hydrogen-bond acceptors (Lipinski definition) is 3. The minimum absolute atomic E-state index is 0.0205. The maximum absolute atomic E-state index is 12.1. The minimum Gasteiger partial charge on any atom is -0.465 e. The van der Waals surface area contributed by atoms with E-state index in [1.807, 2.05) is 0 Å². The van der Waals surface area contributed by atoms with Gasteiger partial charge in [0.1, 0.15) is 11.5 Å². The molecular formula is C14H11F2NO3. The zero-order valence-electron chi connectivity index (χ0n) is 10.3. The van der Waals surface area contributed by atoms with Gasteiger partial charge in [0.2, 0.25) is 5.91 Å². The number of halogens is 2. The average Bonchev–Trinajstić information content (AvgIpc) is 2.89. The topological polar surface area (TPSA) is 51.5 Å². The highest BCUT2D eigenvalue weighted by molar-refractivity contribution is 6.01. The van der Waals surface area contributed by atoms with Crippen LogP contribution in [-0.4, -0.2) is 12.5 Å². The third kappa shape index (κ3) is 4.24. The van der Waals surface area contributed by atoms with E-state index in [1.165, 1.54) is 36.6 Å². The Balaban J connectivity index is 1.97. The molecule has 2 aromatic rings. The summed E-state index contributed by atoms with van der Waals surface area (Å²) in [5, 5.41) is 2.53. The summed E-state index contributed by atoms with van der Waals surface area (Å²) in [5.74, 6) is 0.110. The summed E-state index contributed by atoms with van der Waals surface area (Å²) < 4.78 is 33.4. The number of rotatable bonds is 5. The van der Waals surface area contributed by atoms with Crippen LogP contribution in [0.2, 0.25) is 0 Å². The van der Waals surface area contributed by atoms with Crippen LogP contribution in [0.3, 0.4) is 0 Å². The Hall–Kier alpha value is -2.63. The maximum Gasteiger partial charge on any atom is 0.387 e. The lowest BCUT2D eigenvalue weighted by Gasteiger charge is -2.06. The molecule has 4 nitrogen and oxygen atoms in total. The molecule has 1 aromatic heterocycles. The van der Waals surface area contributed by atoms with Crippen molar-refractivity contribution in [1.29, 1.82) is 0 Å². The molecule has 0 saturated heterocycles. The van der Waals surface area contributed by atoms with Crippen molar-refractivity contribution in [3.05, 3.63) is 54.5 Å². The van der Waals surface area contributed by atoms with E-state index in [-0.39, 0.29) is 5.75 Å². The van der Waals surface area contributed by atoms with Gasteiger partial charge in [-0.2, -0.15) is 8.78 Å². The Morgan fingerprint density at radius 1 is 1.30 bits per heavy atom. The molecule has 20 heavy (non-hydrogen) atoms. The van der Waals surface area contributed by atoms with E-state index < -0.39 is 12.5 Å². The number of amides is 1. The summed E-state index contributed by atoms with van der Waals surface area (Å²) in [5.41, 5.74) is 0.359. The number of hydrogen-bond donors (Lipinski definition) is 1. The van der Waals surface area contributed by atoms with Crippen LogP contribution in [-0.2, 0) is 4.79 Å². The van der Waals surface area contributed by atoms with Gasteiger partial charge in [0, 0.05) is 17.8 Å². The molecule has 2 rings (SSSR count). The minimum atomic E-state index is -2.90. The van der Waals surface area contributed by atoms with Crippen LogP contribution < -0.4 is 10.1 Å². The Labute approximate surface area is 113 Å². The first-order chi connectivity index (χ1) is 9.63. The van der Waals surface area contributed by atoms with Crippen molar-refractivity contribution in [2.75, 3.05) is 5.32 Å². The van der Waals surface area contributed by atoms with E-state index in [2.05, 4.69) is 10.1 Å². The zero-order chi connectivity index (χ0) is 14.4. The van der Waals surface area contributed by atoms with Gasteiger partial charge in [-0.05, 0) is 30.3 Å². The fourth-order valence-electron chi connectivity index (χ4n) is 1.48. The van der Waals surface area contributed by atoms with Crippen molar-refractivity contribution >= 4 is 17.7 Å². The van der Waals surface area contributed by atoms with E-state index in [1.54, 1.807) is 18.2 Å². The summed E-state index contributed by atoms with van der Waals surface area (Å²) in [4.78, 5) is 11.6. The summed E-state index contributed by atoms with van der Waals surface area (Å²) in [6.45, 7) is -2.90. The van der Waals surface area contributed by atoms with Gasteiger partial charge >= 0.3 is 6.61 Å². The smallest absolute Gasteiger partial charge is 0.387 e. The lowest BCUT2D eigenvalue weighted by molar-refractivity contribution is -0.111. The number of ether oxygens (including phenoxy) is 1. The first kappa shape index (κ1) is 13.8. The molecule has 0 aliphatic heterocycles. The second kappa shape index (κ2) is 6.51. The number of anilines is 1. The maximum atomic E-state index is 12.1. The second-order valence-electron chi connectivity index (χ2n) is 3.74. The quantitative estimate of drug-likeness (QED) is 0.852. The van der Waals surface area contributed by atoms with Crippen LogP contribution in [0.4, 0.5) is 14.5 Å². The number of nitrogens with one attached hydrogen (secondary N) is 1. The molecule has 0 saturated carbocycles. The van der Waals surface area contributed by atoms with E-state index >= 15 is 0 Å². The number of carbonyl (C=O) groups excluding carboxylic acids is 1. The van der Waals surface area contributed by atoms with Gasteiger partial charge < -0.3 is 14.5 Å². The number of benzene rings is 1. The van der Waals surface area contributed by atoms with Gasteiger partial charge in [-0.1, -0.05) is 6.07 Å². The molecule has 1 N–H and O–H groups in total. The predicted molar refractivity (Wildman–Crippen MR) is 69.4 cm³/mol. The number of carbonyl (C=O) groups is 1. The molecule has 104 valence electrons. The van der Waals surface area contributed by atoms with E-state index in [0.717, 1.165) is 0 Å². The molecule has 1 heterocycles. The van der Waals surface area contributed by atoms with Gasteiger partial charge in [0.25, 0.3) is 0 Å². The third-order valence-corrected chi connectivity index (χ3v) is 2.27.